The van der Waals surface area contributed by atoms with E-state index < -0.39 is 12.5 Å². The van der Waals surface area contributed by atoms with Crippen molar-refractivity contribution in [3.63, 3.8) is 0 Å². The summed E-state index contributed by atoms with van der Waals surface area (Å²) in [4.78, 5) is 12.0. The lowest BCUT2D eigenvalue weighted by atomic mass is 10.1. The molecule has 1 N–H and O–H groups in total. The van der Waals surface area contributed by atoms with Gasteiger partial charge < -0.3 is 14.4 Å². The number of fused-ring (bicyclic) bond motifs is 1. The van der Waals surface area contributed by atoms with Gasteiger partial charge in [-0.1, -0.05) is 46.4 Å². The first-order chi connectivity index (χ1) is 12.8. The van der Waals surface area contributed by atoms with Crippen LogP contribution in [0, 0.1) is 6.92 Å². The molecule has 27 heavy (non-hydrogen) atoms. The standard InChI is InChI=1S/C18H14Cl3N3O3/c1-9-3-4-14-11(5-9)16(18(26)24(14)2)23-22-15(25)8-27-17-12(20)6-10(19)7-13(17)21/h3-7,26H,8H2,1-2H3. The van der Waals surface area contributed by atoms with Gasteiger partial charge in [0, 0.05) is 17.5 Å². The Balaban J connectivity index is 1.79. The molecule has 0 saturated carbocycles. The third-order valence-electron chi connectivity index (χ3n) is 3.86. The summed E-state index contributed by atoms with van der Waals surface area (Å²) in [5, 5.41) is 19.2. The highest BCUT2D eigenvalue weighted by molar-refractivity contribution is 6.40. The van der Waals surface area contributed by atoms with Crippen LogP contribution in [0.15, 0.2) is 40.6 Å². The SMILES string of the molecule is Cc1ccc2c(c1)c(N=NC(=O)COc1c(Cl)cc(Cl)cc1Cl)c(O)n2C. The molecule has 0 aliphatic heterocycles. The van der Waals surface area contributed by atoms with Crippen LogP contribution in [0.25, 0.3) is 10.9 Å². The topological polar surface area (TPSA) is 76.2 Å². The van der Waals surface area contributed by atoms with Crippen LogP contribution in [0.2, 0.25) is 15.1 Å². The first-order valence-corrected chi connectivity index (χ1v) is 8.91. The van der Waals surface area contributed by atoms with Crippen LogP contribution in [0.3, 0.4) is 0 Å². The first-order valence-electron chi connectivity index (χ1n) is 7.78. The Morgan fingerprint density at radius 2 is 1.85 bits per heavy atom. The van der Waals surface area contributed by atoms with Gasteiger partial charge in [-0.3, -0.25) is 4.79 Å². The summed E-state index contributed by atoms with van der Waals surface area (Å²) in [6, 6.07) is 8.54. The molecule has 0 aliphatic carbocycles. The van der Waals surface area contributed by atoms with Gasteiger partial charge in [-0.25, -0.2) is 0 Å². The van der Waals surface area contributed by atoms with E-state index in [4.69, 9.17) is 39.5 Å². The minimum absolute atomic E-state index is 0.0862. The fourth-order valence-electron chi connectivity index (χ4n) is 2.56. The zero-order chi connectivity index (χ0) is 19.7. The molecule has 0 radical (unpaired) electrons. The Bertz CT molecular complexity index is 1050. The van der Waals surface area contributed by atoms with Crippen molar-refractivity contribution < 1.29 is 14.6 Å². The number of hydrogen-bond acceptors (Lipinski definition) is 4. The van der Waals surface area contributed by atoms with Gasteiger partial charge >= 0.3 is 5.91 Å². The molecule has 3 aromatic rings. The van der Waals surface area contributed by atoms with E-state index in [1.807, 2.05) is 25.1 Å². The van der Waals surface area contributed by atoms with E-state index in [0.717, 1.165) is 11.1 Å². The number of aryl methyl sites for hydroxylation is 2. The Hall–Kier alpha value is -2.28. The van der Waals surface area contributed by atoms with Crippen molar-refractivity contribution in [2.24, 2.45) is 17.3 Å². The number of rotatable bonds is 4. The second kappa shape index (κ2) is 7.76. The minimum Gasteiger partial charge on any atom is -0.493 e. The fourth-order valence-corrected chi connectivity index (χ4v) is 3.49. The van der Waals surface area contributed by atoms with E-state index in [1.165, 1.54) is 12.1 Å². The molecule has 0 saturated heterocycles. The van der Waals surface area contributed by atoms with Gasteiger partial charge in [0.05, 0.1) is 15.6 Å². The van der Waals surface area contributed by atoms with Crippen molar-refractivity contribution in [3.05, 3.63) is 51.0 Å². The molecule has 1 amide bonds. The lowest BCUT2D eigenvalue weighted by molar-refractivity contribution is -0.120. The van der Waals surface area contributed by atoms with Crippen molar-refractivity contribution in [2.45, 2.75) is 6.92 Å². The third-order valence-corrected chi connectivity index (χ3v) is 4.64. The largest absolute Gasteiger partial charge is 0.493 e. The maximum atomic E-state index is 12.0. The smallest absolute Gasteiger partial charge is 0.302 e. The zero-order valence-corrected chi connectivity index (χ0v) is 16.6. The summed E-state index contributed by atoms with van der Waals surface area (Å²) in [7, 11) is 1.70. The average Bonchev–Trinajstić information content (AvgIpc) is 2.82. The van der Waals surface area contributed by atoms with Gasteiger partial charge in [-0.15, -0.1) is 10.2 Å². The van der Waals surface area contributed by atoms with Gasteiger partial charge in [-0.05, 0) is 31.2 Å². The lowest BCUT2D eigenvalue weighted by Gasteiger charge is -2.08. The van der Waals surface area contributed by atoms with E-state index in [9.17, 15) is 9.90 Å². The number of carbonyl (C=O) groups is 1. The summed E-state index contributed by atoms with van der Waals surface area (Å²) in [5.74, 6) is -0.618. The number of benzene rings is 2. The molecular weight excluding hydrogens is 413 g/mol. The molecule has 0 aliphatic rings. The van der Waals surface area contributed by atoms with E-state index in [2.05, 4.69) is 10.2 Å². The highest BCUT2D eigenvalue weighted by atomic mass is 35.5. The Kier molecular flexibility index (Phi) is 5.60. The van der Waals surface area contributed by atoms with Crippen molar-refractivity contribution in [1.29, 1.82) is 0 Å². The van der Waals surface area contributed by atoms with E-state index in [0.29, 0.717) is 10.4 Å². The van der Waals surface area contributed by atoms with Gasteiger partial charge in [0.2, 0.25) is 5.88 Å². The van der Waals surface area contributed by atoms with Gasteiger partial charge in [0.25, 0.3) is 0 Å². The van der Waals surface area contributed by atoms with Crippen molar-refractivity contribution in [1.82, 2.24) is 4.57 Å². The van der Waals surface area contributed by atoms with Crippen LogP contribution in [-0.2, 0) is 11.8 Å². The molecule has 9 heteroatoms. The second-order valence-corrected chi connectivity index (χ2v) is 7.08. The molecule has 0 bridgehead atoms. The minimum atomic E-state index is -0.666. The number of aromatic nitrogens is 1. The molecule has 6 nitrogen and oxygen atoms in total. The van der Waals surface area contributed by atoms with Crippen LogP contribution in [0.1, 0.15) is 5.56 Å². The normalized spacial score (nSPS) is 11.4. The van der Waals surface area contributed by atoms with Gasteiger partial charge in [-0.2, -0.15) is 0 Å². The second-order valence-electron chi connectivity index (χ2n) is 5.83. The lowest BCUT2D eigenvalue weighted by Crippen LogP contribution is -2.08. The summed E-state index contributed by atoms with van der Waals surface area (Å²) in [6.07, 6.45) is 0. The number of hydrogen-bond donors (Lipinski definition) is 1. The average molecular weight is 427 g/mol. The monoisotopic (exact) mass is 425 g/mol. The molecule has 140 valence electrons. The van der Waals surface area contributed by atoms with Crippen LogP contribution in [-0.4, -0.2) is 22.2 Å². The highest BCUT2D eigenvalue weighted by Crippen LogP contribution is 2.38. The molecular formula is C18H14Cl3N3O3. The van der Waals surface area contributed by atoms with Crippen LogP contribution in [0.4, 0.5) is 5.69 Å². The number of amides is 1. The van der Waals surface area contributed by atoms with E-state index in [1.54, 1.807) is 11.6 Å². The molecule has 1 heterocycles. The molecule has 1 aromatic heterocycles. The number of nitrogens with zero attached hydrogens (tertiary/aromatic N) is 3. The highest BCUT2D eigenvalue weighted by Gasteiger charge is 2.15. The molecule has 0 spiro atoms. The zero-order valence-electron chi connectivity index (χ0n) is 14.3. The molecule has 0 unspecified atom stereocenters. The van der Waals surface area contributed by atoms with Crippen LogP contribution >= 0.6 is 34.8 Å². The van der Waals surface area contributed by atoms with E-state index >= 15 is 0 Å². The molecule has 2 aromatic carbocycles. The predicted octanol–water partition coefficient (Wildman–Crippen LogP) is 5.84. The maximum absolute atomic E-state index is 12.0. The summed E-state index contributed by atoms with van der Waals surface area (Å²) < 4.78 is 6.89. The molecule has 0 fully saturated rings. The third kappa shape index (κ3) is 4.03. The van der Waals surface area contributed by atoms with Gasteiger partial charge in [0.1, 0.15) is 0 Å². The van der Waals surface area contributed by atoms with Crippen molar-refractivity contribution in [3.8, 4) is 11.6 Å². The number of aromatic hydroxyl groups is 1. The van der Waals surface area contributed by atoms with Crippen LogP contribution in [0.5, 0.6) is 11.6 Å². The Morgan fingerprint density at radius 1 is 1.19 bits per heavy atom. The number of azo groups is 1. The summed E-state index contributed by atoms with van der Waals surface area (Å²) in [6.45, 7) is 1.50. The summed E-state index contributed by atoms with van der Waals surface area (Å²) in [5.41, 5.74) is 1.98. The number of carbonyl (C=O) groups excluding carboxylic acids is 1. The Labute approximate surface area is 169 Å². The van der Waals surface area contributed by atoms with E-state index in [-0.39, 0.29) is 27.4 Å². The quantitative estimate of drug-likeness (QED) is 0.532. The fraction of sp³-hybridized carbons (Fsp3) is 0.167. The van der Waals surface area contributed by atoms with Crippen molar-refractivity contribution in [2.75, 3.05) is 6.61 Å². The first kappa shape index (κ1) is 19.5. The van der Waals surface area contributed by atoms with Crippen molar-refractivity contribution >= 4 is 57.3 Å². The van der Waals surface area contributed by atoms with Crippen LogP contribution < -0.4 is 4.74 Å². The molecule has 3 rings (SSSR count). The summed E-state index contributed by atoms with van der Waals surface area (Å²) >= 11 is 17.8. The Morgan fingerprint density at radius 3 is 2.52 bits per heavy atom. The number of halogens is 3. The molecule has 0 atom stereocenters. The predicted molar refractivity (Wildman–Crippen MR) is 106 cm³/mol. The maximum Gasteiger partial charge on any atom is 0.302 e. The van der Waals surface area contributed by atoms with Gasteiger partial charge in [0.15, 0.2) is 18.0 Å². The number of ether oxygens (including phenoxy) is 1.